The Morgan fingerprint density at radius 2 is 2.06 bits per heavy atom. The number of hydrogen-bond donors (Lipinski definition) is 1. The molecule has 0 aliphatic carbocycles. The molecule has 1 rings (SSSR count). The summed E-state index contributed by atoms with van der Waals surface area (Å²) in [5.41, 5.74) is -0.222. The summed E-state index contributed by atoms with van der Waals surface area (Å²) < 4.78 is 5.29. The van der Waals surface area contributed by atoms with Crippen molar-refractivity contribution in [3.05, 3.63) is 0 Å². The molecule has 0 aromatic heterocycles. The molecule has 1 fully saturated rings. The van der Waals surface area contributed by atoms with Crippen molar-refractivity contribution in [2.45, 2.75) is 52.2 Å². The molecular weight excluding hydrogens is 232 g/mol. The molecule has 18 heavy (non-hydrogen) atoms. The summed E-state index contributed by atoms with van der Waals surface area (Å²) in [6.07, 6.45) is 1.44. The van der Waals surface area contributed by atoms with Crippen LogP contribution < -0.4 is 5.32 Å². The van der Waals surface area contributed by atoms with Gasteiger partial charge in [0.1, 0.15) is 6.10 Å². The summed E-state index contributed by atoms with van der Waals surface area (Å²) in [6, 6.07) is 0. The quantitative estimate of drug-likeness (QED) is 0.814. The Balaban J connectivity index is 2.35. The predicted molar refractivity (Wildman–Crippen MR) is 69.1 cm³/mol. The van der Waals surface area contributed by atoms with Crippen molar-refractivity contribution in [1.29, 1.82) is 0 Å². The van der Waals surface area contributed by atoms with Crippen molar-refractivity contribution in [2.24, 2.45) is 0 Å². The average Bonchev–Trinajstić information content (AvgIpc) is 2.74. The Morgan fingerprint density at radius 3 is 2.50 bits per heavy atom. The molecule has 2 amide bonds. The molecule has 0 saturated carbocycles. The van der Waals surface area contributed by atoms with Gasteiger partial charge in [-0.15, -0.1) is 0 Å². The number of hydrogen-bond acceptors (Lipinski definition) is 3. The fourth-order valence-electron chi connectivity index (χ4n) is 2.15. The maximum atomic E-state index is 11.7. The Hall–Kier alpha value is -1.10. The Labute approximate surface area is 109 Å². The van der Waals surface area contributed by atoms with Gasteiger partial charge < -0.3 is 15.0 Å². The van der Waals surface area contributed by atoms with Gasteiger partial charge in [0.05, 0.1) is 0 Å². The van der Waals surface area contributed by atoms with E-state index in [4.69, 9.17) is 4.74 Å². The van der Waals surface area contributed by atoms with Crippen molar-refractivity contribution < 1.29 is 14.3 Å². The molecule has 1 N–H and O–H groups in total. The van der Waals surface area contributed by atoms with E-state index in [1.807, 2.05) is 20.8 Å². The normalized spacial score (nSPS) is 19.7. The van der Waals surface area contributed by atoms with Gasteiger partial charge in [0.2, 0.25) is 11.8 Å². The number of carbonyl (C=O) groups excluding carboxylic acids is 2. The molecule has 1 aliphatic rings. The first-order valence-corrected chi connectivity index (χ1v) is 6.50. The number of nitrogens with one attached hydrogen (secondary N) is 1. The molecule has 1 saturated heterocycles. The zero-order chi connectivity index (χ0) is 13.8. The summed E-state index contributed by atoms with van der Waals surface area (Å²) >= 11 is 0. The van der Waals surface area contributed by atoms with E-state index in [1.165, 1.54) is 0 Å². The first-order chi connectivity index (χ1) is 8.32. The monoisotopic (exact) mass is 256 g/mol. The minimum Gasteiger partial charge on any atom is -0.368 e. The largest absolute Gasteiger partial charge is 0.368 e. The fraction of sp³-hybridized carbons (Fsp3) is 0.846. The average molecular weight is 256 g/mol. The number of amides is 2. The van der Waals surface area contributed by atoms with Crippen LogP contribution in [0.5, 0.6) is 0 Å². The van der Waals surface area contributed by atoms with E-state index in [1.54, 1.807) is 11.8 Å². The highest BCUT2D eigenvalue weighted by molar-refractivity contribution is 5.81. The van der Waals surface area contributed by atoms with Crippen molar-refractivity contribution in [3.63, 3.8) is 0 Å². The van der Waals surface area contributed by atoms with E-state index in [0.29, 0.717) is 19.7 Å². The summed E-state index contributed by atoms with van der Waals surface area (Å²) in [5, 5.41) is 2.82. The van der Waals surface area contributed by atoms with Crippen LogP contribution in [-0.2, 0) is 14.3 Å². The van der Waals surface area contributed by atoms with E-state index in [9.17, 15) is 9.59 Å². The maximum absolute atomic E-state index is 11.7. The van der Waals surface area contributed by atoms with Gasteiger partial charge >= 0.3 is 0 Å². The van der Waals surface area contributed by atoms with Crippen molar-refractivity contribution in [3.8, 4) is 0 Å². The van der Waals surface area contributed by atoms with Gasteiger partial charge in [-0.2, -0.15) is 0 Å². The third-order valence-corrected chi connectivity index (χ3v) is 3.05. The highest BCUT2D eigenvalue weighted by Crippen LogP contribution is 2.13. The van der Waals surface area contributed by atoms with E-state index < -0.39 is 0 Å². The second kappa shape index (κ2) is 6.18. The first-order valence-electron chi connectivity index (χ1n) is 6.50. The Bertz CT molecular complexity index is 304. The molecule has 1 heterocycles. The summed E-state index contributed by atoms with van der Waals surface area (Å²) in [5.74, 6) is -0.0428. The van der Waals surface area contributed by atoms with Gasteiger partial charge in [-0.25, -0.2) is 0 Å². The van der Waals surface area contributed by atoms with Crippen molar-refractivity contribution in [1.82, 2.24) is 10.2 Å². The molecule has 0 aromatic rings. The topological polar surface area (TPSA) is 58.6 Å². The highest BCUT2D eigenvalue weighted by atomic mass is 16.5. The number of carbonyl (C=O) groups is 2. The van der Waals surface area contributed by atoms with Crippen LogP contribution in [0.1, 0.15) is 40.5 Å². The number of ether oxygens (including phenoxy) is 1. The Kier molecular flexibility index (Phi) is 5.14. The third-order valence-electron chi connectivity index (χ3n) is 3.05. The van der Waals surface area contributed by atoms with Gasteiger partial charge in [0.15, 0.2) is 0 Å². The number of rotatable bonds is 4. The molecule has 0 spiro atoms. The molecule has 0 aromatic carbocycles. The minimum atomic E-state index is -0.301. The summed E-state index contributed by atoms with van der Waals surface area (Å²) in [7, 11) is 0. The van der Waals surface area contributed by atoms with Crippen LogP contribution in [0.2, 0.25) is 0 Å². The molecule has 0 radical (unpaired) electrons. The van der Waals surface area contributed by atoms with Crippen LogP contribution >= 0.6 is 0 Å². The lowest BCUT2D eigenvalue weighted by Gasteiger charge is -2.35. The standard InChI is InChI=1S/C13H24N2O3/c1-10(16)15(13(2,3)4)8-7-14-12(17)11-6-5-9-18-11/h11H,5-9H2,1-4H3,(H,14,17). The zero-order valence-electron chi connectivity index (χ0n) is 11.8. The van der Waals surface area contributed by atoms with Crippen LogP contribution in [-0.4, -0.2) is 48.1 Å². The maximum Gasteiger partial charge on any atom is 0.249 e. The van der Waals surface area contributed by atoms with E-state index in [-0.39, 0.29) is 23.5 Å². The zero-order valence-corrected chi connectivity index (χ0v) is 11.8. The van der Waals surface area contributed by atoms with Crippen LogP contribution in [0.15, 0.2) is 0 Å². The lowest BCUT2D eigenvalue weighted by Crippen LogP contribution is -2.48. The van der Waals surface area contributed by atoms with Crippen LogP contribution in [0.3, 0.4) is 0 Å². The van der Waals surface area contributed by atoms with Gasteiger partial charge in [-0.05, 0) is 33.6 Å². The molecule has 0 bridgehead atoms. The van der Waals surface area contributed by atoms with Crippen LogP contribution in [0.25, 0.3) is 0 Å². The van der Waals surface area contributed by atoms with Crippen molar-refractivity contribution >= 4 is 11.8 Å². The fourth-order valence-corrected chi connectivity index (χ4v) is 2.15. The van der Waals surface area contributed by atoms with Crippen LogP contribution in [0.4, 0.5) is 0 Å². The minimum absolute atomic E-state index is 0.0221. The van der Waals surface area contributed by atoms with E-state index >= 15 is 0 Å². The second-order valence-electron chi connectivity index (χ2n) is 5.63. The van der Waals surface area contributed by atoms with Crippen molar-refractivity contribution in [2.75, 3.05) is 19.7 Å². The molecule has 1 aliphatic heterocycles. The molecule has 5 nitrogen and oxygen atoms in total. The molecular formula is C13H24N2O3. The number of nitrogens with zero attached hydrogens (tertiary/aromatic N) is 1. The molecule has 5 heteroatoms. The van der Waals surface area contributed by atoms with Gasteiger partial charge in [0, 0.05) is 32.2 Å². The molecule has 1 atom stereocenters. The smallest absolute Gasteiger partial charge is 0.249 e. The summed E-state index contributed by atoms with van der Waals surface area (Å²) in [6.45, 7) is 9.16. The first kappa shape index (κ1) is 15.0. The molecule has 104 valence electrons. The third kappa shape index (κ3) is 4.29. The highest BCUT2D eigenvalue weighted by Gasteiger charge is 2.25. The van der Waals surface area contributed by atoms with E-state index in [2.05, 4.69) is 5.32 Å². The van der Waals surface area contributed by atoms with Gasteiger partial charge in [-0.1, -0.05) is 0 Å². The Morgan fingerprint density at radius 1 is 1.39 bits per heavy atom. The lowest BCUT2D eigenvalue weighted by molar-refractivity contribution is -0.135. The molecule has 1 unspecified atom stereocenters. The van der Waals surface area contributed by atoms with Gasteiger partial charge in [-0.3, -0.25) is 9.59 Å². The van der Waals surface area contributed by atoms with Crippen LogP contribution in [0, 0.1) is 0 Å². The summed E-state index contributed by atoms with van der Waals surface area (Å²) in [4.78, 5) is 25.0. The second-order valence-corrected chi connectivity index (χ2v) is 5.63. The SMILES string of the molecule is CC(=O)N(CCNC(=O)C1CCCO1)C(C)(C)C. The predicted octanol–water partition coefficient (Wildman–Crippen LogP) is 0.929. The van der Waals surface area contributed by atoms with Gasteiger partial charge in [0.25, 0.3) is 0 Å². The lowest BCUT2D eigenvalue weighted by atomic mass is 10.1. The van der Waals surface area contributed by atoms with E-state index in [0.717, 1.165) is 12.8 Å².